The van der Waals surface area contributed by atoms with E-state index < -0.39 is 5.41 Å². The smallest absolute Gasteiger partial charge is 0.161 e. The molecular weight excluding hydrogens is 324 g/mol. The number of nitrogens with zero attached hydrogens (tertiary/aromatic N) is 2. The van der Waals surface area contributed by atoms with Gasteiger partial charge in [-0.05, 0) is 81.4 Å². The van der Waals surface area contributed by atoms with E-state index in [4.69, 9.17) is 14.7 Å². The van der Waals surface area contributed by atoms with Crippen LogP contribution in [-0.2, 0) is 5.41 Å². The monoisotopic (exact) mass is 351 g/mol. The van der Waals surface area contributed by atoms with Crippen molar-refractivity contribution in [1.29, 1.82) is 10.5 Å². The van der Waals surface area contributed by atoms with Gasteiger partial charge in [0, 0.05) is 6.42 Å². The van der Waals surface area contributed by atoms with Crippen molar-refractivity contribution in [1.82, 2.24) is 0 Å². The molecule has 4 nitrogen and oxygen atoms in total. The first-order chi connectivity index (χ1) is 12.7. The molecule has 0 aromatic heterocycles. The van der Waals surface area contributed by atoms with Gasteiger partial charge in [-0.15, -0.1) is 0 Å². The van der Waals surface area contributed by atoms with E-state index in [1.54, 1.807) is 7.11 Å². The van der Waals surface area contributed by atoms with E-state index in [2.05, 4.69) is 18.6 Å². The third-order valence-electron chi connectivity index (χ3n) is 5.89. The Kier molecular flexibility index (Phi) is 6.04. The fourth-order valence-corrected chi connectivity index (χ4v) is 4.21. The maximum Gasteiger partial charge on any atom is 0.161 e. The predicted molar refractivity (Wildman–Crippen MR) is 99.7 cm³/mol. The molecule has 2 unspecified atom stereocenters. The van der Waals surface area contributed by atoms with Crippen LogP contribution in [0.15, 0.2) is 18.2 Å². The van der Waals surface area contributed by atoms with Gasteiger partial charge < -0.3 is 9.47 Å². The summed E-state index contributed by atoms with van der Waals surface area (Å²) in [5.41, 5.74) is 0.427. The summed E-state index contributed by atoms with van der Waals surface area (Å²) in [6.45, 7) is 0. The van der Waals surface area contributed by atoms with Gasteiger partial charge in [0.25, 0.3) is 0 Å². The van der Waals surface area contributed by atoms with Gasteiger partial charge in [0.05, 0.1) is 30.8 Å². The van der Waals surface area contributed by atoms with E-state index in [0.717, 1.165) is 55.6 Å². The van der Waals surface area contributed by atoms with Crippen molar-refractivity contribution in [2.75, 3.05) is 7.11 Å². The molecular formula is C22H27N2O2. The highest BCUT2D eigenvalue weighted by Crippen LogP contribution is 2.44. The standard InChI is InChI=1S/C22H27N2O2/c1-25-20-9-8-18(15-21(20)26-19-6-2-3-7-19)22(16-24)12-10-17(11-13-22)5-4-14-23/h8-9,12,15,17,19H,2-7,10-11,13H2,1H3. The molecule has 0 N–H and O–H groups in total. The van der Waals surface area contributed by atoms with Crippen molar-refractivity contribution in [3.05, 3.63) is 30.2 Å². The Labute approximate surface area is 156 Å². The molecule has 2 saturated carbocycles. The summed E-state index contributed by atoms with van der Waals surface area (Å²) in [7, 11) is 1.66. The Balaban J connectivity index is 1.78. The number of hydrogen-bond acceptors (Lipinski definition) is 4. The van der Waals surface area contributed by atoms with E-state index >= 15 is 0 Å². The van der Waals surface area contributed by atoms with Crippen molar-refractivity contribution < 1.29 is 9.47 Å². The quantitative estimate of drug-likeness (QED) is 0.716. The molecule has 0 amide bonds. The second-order valence-corrected chi connectivity index (χ2v) is 7.51. The predicted octanol–water partition coefficient (Wildman–Crippen LogP) is 5.09. The highest BCUT2D eigenvalue weighted by Gasteiger charge is 2.38. The number of rotatable bonds is 6. The summed E-state index contributed by atoms with van der Waals surface area (Å²) in [4.78, 5) is 0. The molecule has 3 rings (SSSR count). The van der Waals surface area contributed by atoms with Gasteiger partial charge in [0.1, 0.15) is 0 Å². The summed E-state index contributed by atoms with van der Waals surface area (Å²) >= 11 is 0. The van der Waals surface area contributed by atoms with Crippen LogP contribution in [0.2, 0.25) is 0 Å². The van der Waals surface area contributed by atoms with Crippen LogP contribution in [0.1, 0.15) is 63.4 Å². The number of methoxy groups -OCH3 is 1. The number of nitriles is 2. The largest absolute Gasteiger partial charge is 0.493 e. The highest BCUT2D eigenvalue weighted by atomic mass is 16.5. The summed E-state index contributed by atoms with van der Waals surface area (Å²) < 4.78 is 11.7. The molecule has 137 valence electrons. The van der Waals surface area contributed by atoms with E-state index in [1.165, 1.54) is 12.8 Å². The zero-order valence-electron chi connectivity index (χ0n) is 15.5. The third-order valence-corrected chi connectivity index (χ3v) is 5.89. The zero-order valence-corrected chi connectivity index (χ0v) is 15.5. The minimum atomic E-state index is -0.566. The molecule has 1 radical (unpaired) electrons. The van der Waals surface area contributed by atoms with Crippen LogP contribution < -0.4 is 9.47 Å². The summed E-state index contributed by atoms with van der Waals surface area (Å²) in [6.07, 6.45) is 11.2. The molecule has 1 aromatic carbocycles. The Morgan fingerprint density at radius 2 is 1.96 bits per heavy atom. The van der Waals surface area contributed by atoms with Gasteiger partial charge >= 0.3 is 0 Å². The van der Waals surface area contributed by atoms with Gasteiger partial charge in [-0.2, -0.15) is 10.5 Å². The van der Waals surface area contributed by atoms with Crippen molar-refractivity contribution >= 4 is 0 Å². The lowest BCUT2D eigenvalue weighted by Gasteiger charge is -2.35. The fourth-order valence-electron chi connectivity index (χ4n) is 4.21. The Morgan fingerprint density at radius 1 is 1.15 bits per heavy atom. The van der Waals surface area contributed by atoms with E-state index in [-0.39, 0.29) is 6.10 Å². The van der Waals surface area contributed by atoms with E-state index in [9.17, 15) is 5.26 Å². The lowest BCUT2D eigenvalue weighted by atomic mass is 9.67. The van der Waals surface area contributed by atoms with Crippen molar-refractivity contribution in [3.63, 3.8) is 0 Å². The van der Waals surface area contributed by atoms with Crippen LogP contribution in [0.3, 0.4) is 0 Å². The molecule has 2 aliphatic rings. The van der Waals surface area contributed by atoms with Gasteiger partial charge in [-0.25, -0.2) is 0 Å². The average Bonchev–Trinajstić information content (AvgIpc) is 3.20. The summed E-state index contributed by atoms with van der Waals surface area (Å²) in [5, 5.41) is 18.7. The maximum atomic E-state index is 9.95. The number of benzene rings is 1. The number of hydrogen-bond donors (Lipinski definition) is 0. The van der Waals surface area contributed by atoms with E-state index in [1.807, 2.05) is 18.2 Å². The Hall–Kier alpha value is -2.20. The van der Waals surface area contributed by atoms with Gasteiger partial charge in [0.15, 0.2) is 11.5 Å². The highest BCUT2D eigenvalue weighted by molar-refractivity contribution is 5.49. The minimum absolute atomic E-state index is 0.253. The van der Waals surface area contributed by atoms with Gasteiger partial charge in [0.2, 0.25) is 0 Å². The lowest BCUT2D eigenvalue weighted by molar-refractivity contribution is 0.200. The summed E-state index contributed by atoms with van der Waals surface area (Å²) in [5.74, 6) is 2.01. The molecule has 2 atom stereocenters. The topological polar surface area (TPSA) is 66.0 Å². The second kappa shape index (κ2) is 8.45. The molecule has 2 aliphatic carbocycles. The Morgan fingerprint density at radius 3 is 2.58 bits per heavy atom. The maximum absolute atomic E-state index is 9.95. The molecule has 26 heavy (non-hydrogen) atoms. The SMILES string of the molecule is COc1ccc(C2(C#N)[CH]CC(CCC#N)CC2)cc1OC1CCCC1. The number of ether oxygens (including phenoxy) is 2. The molecule has 1 aromatic rings. The molecule has 0 spiro atoms. The van der Waals surface area contributed by atoms with Crippen molar-refractivity contribution in [2.45, 2.75) is 69.3 Å². The lowest BCUT2D eigenvalue weighted by Crippen LogP contribution is -2.31. The van der Waals surface area contributed by atoms with Crippen LogP contribution in [-0.4, -0.2) is 13.2 Å². The van der Waals surface area contributed by atoms with Crippen LogP contribution in [0, 0.1) is 35.0 Å². The van der Waals surface area contributed by atoms with Gasteiger partial charge in [-0.3, -0.25) is 0 Å². The zero-order chi connectivity index (χ0) is 18.4. The minimum Gasteiger partial charge on any atom is -0.493 e. The third kappa shape index (κ3) is 3.96. The molecule has 0 bridgehead atoms. The first-order valence-corrected chi connectivity index (χ1v) is 9.68. The molecule has 4 heteroatoms. The molecule has 0 aliphatic heterocycles. The second-order valence-electron chi connectivity index (χ2n) is 7.51. The van der Waals surface area contributed by atoms with Gasteiger partial charge in [-0.1, -0.05) is 6.07 Å². The van der Waals surface area contributed by atoms with Crippen LogP contribution in [0.5, 0.6) is 11.5 Å². The molecule has 2 fully saturated rings. The first-order valence-electron chi connectivity index (χ1n) is 9.68. The summed E-state index contributed by atoms with van der Waals surface area (Å²) in [6, 6.07) is 10.7. The van der Waals surface area contributed by atoms with E-state index in [0.29, 0.717) is 12.3 Å². The van der Waals surface area contributed by atoms with Crippen molar-refractivity contribution in [2.24, 2.45) is 5.92 Å². The normalized spacial score (nSPS) is 26.0. The van der Waals surface area contributed by atoms with Crippen LogP contribution in [0.4, 0.5) is 0 Å². The van der Waals surface area contributed by atoms with Crippen LogP contribution >= 0.6 is 0 Å². The Bertz CT molecular complexity index is 687. The van der Waals surface area contributed by atoms with Crippen LogP contribution in [0.25, 0.3) is 0 Å². The molecule has 0 heterocycles. The average molecular weight is 351 g/mol. The molecule has 0 saturated heterocycles. The fraction of sp³-hybridized carbons (Fsp3) is 0.591. The first kappa shape index (κ1) is 18.6. The van der Waals surface area contributed by atoms with Crippen molar-refractivity contribution in [3.8, 4) is 23.6 Å².